The van der Waals surface area contributed by atoms with Crippen LogP contribution in [0.5, 0.6) is 0 Å². The minimum atomic E-state index is -4.46. The van der Waals surface area contributed by atoms with E-state index in [9.17, 15) is 26.7 Å². The second-order valence-corrected chi connectivity index (χ2v) is 7.63. The van der Waals surface area contributed by atoms with E-state index >= 15 is 0 Å². The highest BCUT2D eigenvalue weighted by Gasteiger charge is 2.33. The van der Waals surface area contributed by atoms with Crippen molar-refractivity contribution >= 4 is 16.0 Å². The van der Waals surface area contributed by atoms with Crippen LogP contribution in [0, 0.1) is 0 Å². The first-order valence-electron chi connectivity index (χ1n) is 7.17. The number of nitrogens with zero attached hydrogens (tertiary/aromatic N) is 3. The Labute approximate surface area is 138 Å². The molecule has 1 fully saturated rings. The van der Waals surface area contributed by atoms with Crippen molar-refractivity contribution in [1.82, 2.24) is 14.0 Å². The summed E-state index contributed by atoms with van der Waals surface area (Å²) in [6.45, 7) is 0.426. The number of halogens is 3. The zero-order valence-electron chi connectivity index (χ0n) is 13.2. The quantitative estimate of drug-likeness (QED) is 0.805. The maximum Gasteiger partial charge on any atom is 0.417 e. The molecule has 1 aromatic heterocycles. The number of β-amino-alcohol motifs (C(OH)–C–C–N with tert-alkyl or cyclic N) is 1. The Hall–Kier alpha value is -1.43. The van der Waals surface area contributed by atoms with E-state index < -0.39 is 34.1 Å². The highest BCUT2D eigenvalue weighted by atomic mass is 32.2. The third-order valence-electron chi connectivity index (χ3n) is 3.76. The number of anilines is 1. The number of alkyl halides is 3. The molecule has 1 aliphatic heterocycles. The molecule has 0 spiro atoms. The zero-order chi connectivity index (χ0) is 18.1. The van der Waals surface area contributed by atoms with E-state index in [4.69, 9.17) is 0 Å². The van der Waals surface area contributed by atoms with Gasteiger partial charge >= 0.3 is 6.18 Å². The molecule has 0 aliphatic carbocycles. The van der Waals surface area contributed by atoms with Gasteiger partial charge in [0.1, 0.15) is 5.82 Å². The topological polar surface area (TPSA) is 85.8 Å². The van der Waals surface area contributed by atoms with Gasteiger partial charge in [0.25, 0.3) is 10.2 Å². The van der Waals surface area contributed by atoms with Crippen molar-refractivity contribution in [1.29, 1.82) is 0 Å². The molecule has 136 valence electrons. The SMILES string of the molecule is CN(C)S(=O)(=O)N[C@@H]1CCN(c2ccc(C(F)(F)F)cn2)C[C@H]1O. The Morgan fingerprint density at radius 3 is 2.50 bits per heavy atom. The van der Waals surface area contributed by atoms with Gasteiger partial charge in [0.2, 0.25) is 0 Å². The van der Waals surface area contributed by atoms with Crippen LogP contribution in [-0.2, 0) is 16.4 Å². The number of aliphatic hydroxyl groups is 1. The van der Waals surface area contributed by atoms with Crippen molar-refractivity contribution in [3.8, 4) is 0 Å². The first-order valence-corrected chi connectivity index (χ1v) is 8.61. The van der Waals surface area contributed by atoms with Crippen molar-refractivity contribution in [3.05, 3.63) is 23.9 Å². The van der Waals surface area contributed by atoms with E-state index in [1.54, 1.807) is 4.90 Å². The number of pyridine rings is 1. The average molecular weight is 368 g/mol. The third-order valence-corrected chi connectivity index (χ3v) is 5.32. The van der Waals surface area contributed by atoms with Crippen molar-refractivity contribution in [2.45, 2.75) is 24.7 Å². The van der Waals surface area contributed by atoms with Crippen LogP contribution in [0.2, 0.25) is 0 Å². The molecule has 1 aromatic rings. The first-order chi connectivity index (χ1) is 11.0. The van der Waals surface area contributed by atoms with Crippen LogP contribution in [-0.4, -0.2) is 62.1 Å². The average Bonchev–Trinajstić information content (AvgIpc) is 2.48. The lowest BCUT2D eigenvalue weighted by molar-refractivity contribution is -0.137. The first kappa shape index (κ1) is 18.9. The van der Waals surface area contributed by atoms with Gasteiger partial charge < -0.3 is 10.0 Å². The predicted octanol–water partition coefficient (Wildman–Crippen LogP) is 0.436. The summed E-state index contributed by atoms with van der Waals surface area (Å²) >= 11 is 0. The standard InChI is InChI=1S/C13H19F3N4O3S/c1-19(2)24(22,23)18-10-5-6-20(8-11(10)21)12-4-3-9(7-17-12)13(14,15)16/h3-4,7,10-11,18,21H,5-6,8H2,1-2H3/t10-,11-/m1/s1. The van der Waals surface area contributed by atoms with Crippen LogP contribution < -0.4 is 9.62 Å². The molecule has 0 aromatic carbocycles. The minimum Gasteiger partial charge on any atom is -0.390 e. The molecule has 2 rings (SSSR count). The Kier molecular flexibility index (Phi) is 5.37. The number of hydrogen-bond donors (Lipinski definition) is 2. The molecule has 1 saturated heterocycles. The fourth-order valence-corrected chi connectivity index (χ4v) is 3.18. The van der Waals surface area contributed by atoms with E-state index in [1.165, 1.54) is 20.2 Å². The Balaban J connectivity index is 2.03. The van der Waals surface area contributed by atoms with Crippen molar-refractivity contribution < 1.29 is 26.7 Å². The van der Waals surface area contributed by atoms with E-state index in [2.05, 4.69) is 9.71 Å². The Morgan fingerprint density at radius 2 is 2.04 bits per heavy atom. The molecule has 2 N–H and O–H groups in total. The summed E-state index contributed by atoms with van der Waals surface area (Å²) in [5.74, 6) is 0.302. The lowest BCUT2D eigenvalue weighted by Gasteiger charge is -2.37. The second kappa shape index (κ2) is 6.82. The molecule has 0 unspecified atom stereocenters. The summed E-state index contributed by atoms with van der Waals surface area (Å²) < 4.78 is 64.6. The van der Waals surface area contributed by atoms with Gasteiger partial charge in [-0.25, -0.2) is 4.98 Å². The molecule has 0 bridgehead atoms. The van der Waals surface area contributed by atoms with Crippen molar-refractivity contribution in [2.24, 2.45) is 0 Å². The van der Waals surface area contributed by atoms with Gasteiger partial charge in [0.15, 0.2) is 0 Å². The highest BCUT2D eigenvalue weighted by molar-refractivity contribution is 7.87. The molecule has 1 aliphatic rings. The van der Waals surface area contributed by atoms with Crippen LogP contribution in [0.4, 0.5) is 19.0 Å². The molecule has 0 saturated carbocycles. The molecule has 11 heteroatoms. The molecule has 0 radical (unpaired) electrons. The van der Waals surface area contributed by atoms with Crippen molar-refractivity contribution in [2.75, 3.05) is 32.1 Å². The van der Waals surface area contributed by atoms with Gasteiger partial charge in [-0.1, -0.05) is 0 Å². The predicted molar refractivity (Wildman–Crippen MR) is 81.6 cm³/mol. The molecule has 7 nitrogen and oxygen atoms in total. The van der Waals surface area contributed by atoms with Crippen LogP contribution in [0.25, 0.3) is 0 Å². The maximum atomic E-state index is 12.5. The number of aromatic nitrogens is 1. The Morgan fingerprint density at radius 1 is 1.38 bits per heavy atom. The lowest BCUT2D eigenvalue weighted by atomic mass is 10.0. The highest BCUT2D eigenvalue weighted by Crippen LogP contribution is 2.29. The summed E-state index contributed by atoms with van der Waals surface area (Å²) in [6, 6.07) is 1.50. The smallest absolute Gasteiger partial charge is 0.390 e. The zero-order valence-corrected chi connectivity index (χ0v) is 14.0. The van der Waals surface area contributed by atoms with E-state index in [-0.39, 0.29) is 6.54 Å². The van der Waals surface area contributed by atoms with Crippen LogP contribution >= 0.6 is 0 Å². The number of rotatable bonds is 4. The van der Waals surface area contributed by atoms with Gasteiger partial charge in [-0.15, -0.1) is 0 Å². The van der Waals surface area contributed by atoms with Crippen molar-refractivity contribution in [3.63, 3.8) is 0 Å². The molecular weight excluding hydrogens is 349 g/mol. The Bertz CT molecular complexity index is 664. The lowest BCUT2D eigenvalue weighted by Crippen LogP contribution is -2.56. The van der Waals surface area contributed by atoms with Gasteiger partial charge in [-0.2, -0.15) is 30.6 Å². The monoisotopic (exact) mass is 368 g/mol. The number of hydrogen-bond acceptors (Lipinski definition) is 5. The summed E-state index contributed by atoms with van der Waals surface area (Å²) in [4.78, 5) is 5.40. The largest absolute Gasteiger partial charge is 0.417 e. The fourth-order valence-electron chi connectivity index (χ4n) is 2.31. The van der Waals surface area contributed by atoms with Crippen LogP contribution in [0.15, 0.2) is 18.3 Å². The fraction of sp³-hybridized carbons (Fsp3) is 0.615. The minimum absolute atomic E-state index is 0.0684. The second-order valence-electron chi connectivity index (χ2n) is 5.72. The molecule has 24 heavy (non-hydrogen) atoms. The molecule has 2 heterocycles. The number of piperidine rings is 1. The normalized spacial score (nSPS) is 22.9. The summed E-state index contributed by atoms with van der Waals surface area (Å²) in [5.41, 5.74) is -0.847. The van der Waals surface area contributed by atoms with Gasteiger partial charge in [-0.05, 0) is 18.6 Å². The van der Waals surface area contributed by atoms with Crippen LogP contribution in [0.3, 0.4) is 0 Å². The summed E-state index contributed by atoms with van der Waals surface area (Å²) in [5, 5.41) is 10.1. The summed E-state index contributed by atoms with van der Waals surface area (Å²) in [7, 11) is -0.929. The molecule has 0 amide bonds. The molecule has 2 atom stereocenters. The number of nitrogens with one attached hydrogen (secondary N) is 1. The van der Waals surface area contributed by atoms with E-state index in [0.29, 0.717) is 18.8 Å². The van der Waals surface area contributed by atoms with Gasteiger partial charge in [0, 0.05) is 33.4 Å². The third kappa shape index (κ3) is 4.35. The van der Waals surface area contributed by atoms with Gasteiger partial charge in [-0.3, -0.25) is 0 Å². The maximum absolute atomic E-state index is 12.5. The van der Waals surface area contributed by atoms with E-state index in [1.807, 2.05) is 0 Å². The molecular formula is C13H19F3N4O3S. The van der Waals surface area contributed by atoms with Gasteiger partial charge in [0.05, 0.1) is 17.7 Å². The number of aliphatic hydroxyl groups excluding tert-OH is 1. The van der Waals surface area contributed by atoms with E-state index in [0.717, 1.165) is 16.6 Å². The van der Waals surface area contributed by atoms with Crippen LogP contribution in [0.1, 0.15) is 12.0 Å². The summed E-state index contributed by atoms with van der Waals surface area (Å²) in [6.07, 6.45) is -4.42.